The van der Waals surface area contributed by atoms with Crippen LogP contribution in [0.5, 0.6) is 0 Å². The molecule has 0 aromatic rings. The second-order valence-electron chi connectivity index (χ2n) is 6.99. The van der Waals surface area contributed by atoms with Gasteiger partial charge in [-0.2, -0.15) is 0 Å². The van der Waals surface area contributed by atoms with Gasteiger partial charge >= 0.3 is 0 Å². The monoisotopic (exact) mass is 268 g/mol. The molecule has 2 fully saturated rings. The summed E-state index contributed by atoms with van der Waals surface area (Å²) in [5.74, 6) is 0.902. The number of nitrogens with one attached hydrogen (secondary N) is 1. The van der Waals surface area contributed by atoms with Gasteiger partial charge in [-0.15, -0.1) is 0 Å². The highest BCUT2D eigenvalue weighted by molar-refractivity contribution is 4.83. The number of hydrogen-bond acceptors (Lipinski definition) is 3. The topological polar surface area (TPSA) is 24.5 Å². The van der Waals surface area contributed by atoms with Crippen LogP contribution in [0, 0.1) is 5.92 Å². The van der Waals surface area contributed by atoms with Gasteiger partial charge in [-0.1, -0.05) is 20.8 Å². The molecule has 0 aromatic heterocycles. The summed E-state index contributed by atoms with van der Waals surface area (Å²) >= 11 is 0. The van der Waals surface area contributed by atoms with Crippen molar-refractivity contribution in [3.8, 4) is 0 Å². The molecule has 19 heavy (non-hydrogen) atoms. The maximum absolute atomic E-state index is 6.19. The number of nitrogens with zero attached hydrogens (tertiary/aromatic N) is 1. The predicted octanol–water partition coefficient (Wildman–Crippen LogP) is 2.65. The first kappa shape index (κ1) is 15.3. The van der Waals surface area contributed by atoms with Gasteiger partial charge < -0.3 is 10.1 Å². The molecule has 112 valence electrons. The number of hydrogen-bond donors (Lipinski definition) is 1. The zero-order valence-corrected chi connectivity index (χ0v) is 13.2. The highest BCUT2D eigenvalue weighted by Crippen LogP contribution is 2.26. The lowest BCUT2D eigenvalue weighted by molar-refractivity contribution is 0.00467. The molecule has 0 bridgehead atoms. The molecule has 2 aliphatic rings. The second kappa shape index (κ2) is 7.05. The largest absolute Gasteiger partial charge is 0.372 e. The quantitative estimate of drug-likeness (QED) is 0.829. The molecule has 2 saturated heterocycles. The third-order valence-electron chi connectivity index (χ3n) is 4.66. The smallest absolute Gasteiger partial charge is 0.0707 e. The summed E-state index contributed by atoms with van der Waals surface area (Å²) in [7, 11) is 0. The minimum atomic E-state index is 0.437. The SMILES string of the molecule is CC1CCN(CC2CCC(CNC(C)C)O2)C(C)C1. The van der Waals surface area contributed by atoms with Crippen LogP contribution in [0.3, 0.4) is 0 Å². The van der Waals surface area contributed by atoms with E-state index in [0.29, 0.717) is 18.2 Å². The van der Waals surface area contributed by atoms with E-state index < -0.39 is 0 Å². The standard InChI is InChI=1S/C16H32N2O/c1-12(2)17-10-15-5-6-16(19-15)11-18-8-7-13(3)9-14(18)4/h12-17H,5-11H2,1-4H3. The molecule has 4 atom stereocenters. The molecule has 4 unspecified atom stereocenters. The van der Waals surface area contributed by atoms with E-state index >= 15 is 0 Å². The molecule has 0 aliphatic carbocycles. The minimum absolute atomic E-state index is 0.437. The van der Waals surface area contributed by atoms with E-state index in [4.69, 9.17) is 4.74 Å². The van der Waals surface area contributed by atoms with Crippen LogP contribution in [0.1, 0.15) is 53.4 Å². The van der Waals surface area contributed by atoms with Crippen LogP contribution < -0.4 is 5.32 Å². The van der Waals surface area contributed by atoms with Gasteiger partial charge in [0.25, 0.3) is 0 Å². The van der Waals surface area contributed by atoms with Gasteiger partial charge in [0, 0.05) is 25.2 Å². The summed E-state index contributed by atoms with van der Waals surface area (Å²) in [5.41, 5.74) is 0. The predicted molar refractivity (Wildman–Crippen MR) is 80.5 cm³/mol. The van der Waals surface area contributed by atoms with Gasteiger partial charge in [0.2, 0.25) is 0 Å². The molecule has 1 N–H and O–H groups in total. The third-order valence-corrected chi connectivity index (χ3v) is 4.66. The highest BCUT2D eigenvalue weighted by Gasteiger charge is 2.30. The first-order valence-corrected chi connectivity index (χ1v) is 8.17. The fourth-order valence-electron chi connectivity index (χ4n) is 3.42. The zero-order valence-electron chi connectivity index (χ0n) is 13.2. The molecule has 2 aliphatic heterocycles. The number of ether oxygens (including phenoxy) is 1. The molecule has 0 amide bonds. The molecule has 0 aromatic carbocycles. The van der Waals surface area contributed by atoms with E-state index in [-0.39, 0.29) is 0 Å². The zero-order chi connectivity index (χ0) is 13.8. The van der Waals surface area contributed by atoms with Crippen molar-refractivity contribution in [1.29, 1.82) is 0 Å². The minimum Gasteiger partial charge on any atom is -0.372 e. The van der Waals surface area contributed by atoms with E-state index in [1.165, 1.54) is 32.2 Å². The normalized spacial score (nSPS) is 37.1. The fraction of sp³-hybridized carbons (Fsp3) is 1.00. The van der Waals surface area contributed by atoms with Crippen molar-refractivity contribution in [2.24, 2.45) is 5.92 Å². The summed E-state index contributed by atoms with van der Waals surface area (Å²) < 4.78 is 6.19. The van der Waals surface area contributed by atoms with Crippen molar-refractivity contribution in [1.82, 2.24) is 10.2 Å². The van der Waals surface area contributed by atoms with Crippen molar-refractivity contribution < 1.29 is 4.74 Å². The molecular formula is C16H32N2O. The van der Waals surface area contributed by atoms with Gasteiger partial charge in [-0.25, -0.2) is 0 Å². The highest BCUT2D eigenvalue weighted by atomic mass is 16.5. The Kier molecular flexibility index (Phi) is 5.67. The van der Waals surface area contributed by atoms with Crippen molar-refractivity contribution in [2.45, 2.75) is 77.7 Å². The van der Waals surface area contributed by atoms with E-state index in [9.17, 15) is 0 Å². The Morgan fingerprint density at radius 1 is 1.16 bits per heavy atom. The number of rotatable bonds is 5. The maximum Gasteiger partial charge on any atom is 0.0707 e. The van der Waals surface area contributed by atoms with Crippen LogP contribution in [0.4, 0.5) is 0 Å². The lowest BCUT2D eigenvalue weighted by atomic mass is 9.93. The summed E-state index contributed by atoms with van der Waals surface area (Å²) in [4.78, 5) is 2.64. The van der Waals surface area contributed by atoms with E-state index in [0.717, 1.165) is 25.0 Å². The van der Waals surface area contributed by atoms with Crippen LogP contribution in [0.15, 0.2) is 0 Å². The molecule has 0 radical (unpaired) electrons. The number of likely N-dealkylation sites (tertiary alicyclic amines) is 1. The Balaban J connectivity index is 1.70. The van der Waals surface area contributed by atoms with Gasteiger partial charge in [0.05, 0.1) is 12.2 Å². The average Bonchev–Trinajstić information content (AvgIpc) is 2.78. The first-order chi connectivity index (χ1) is 9.04. The fourth-order valence-corrected chi connectivity index (χ4v) is 3.42. The van der Waals surface area contributed by atoms with Crippen molar-refractivity contribution >= 4 is 0 Å². The van der Waals surface area contributed by atoms with Gasteiger partial charge in [0.15, 0.2) is 0 Å². The Labute approximate surface area is 119 Å². The van der Waals surface area contributed by atoms with E-state index in [1.54, 1.807) is 0 Å². The van der Waals surface area contributed by atoms with Crippen LogP contribution in [-0.4, -0.2) is 48.8 Å². The second-order valence-corrected chi connectivity index (χ2v) is 6.99. The summed E-state index contributed by atoms with van der Waals surface area (Å²) in [6.07, 6.45) is 6.08. The first-order valence-electron chi connectivity index (χ1n) is 8.17. The van der Waals surface area contributed by atoms with Crippen molar-refractivity contribution in [3.05, 3.63) is 0 Å². The maximum atomic E-state index is 6.19. The van der Waals surface area contributed by atoms with Crippen molar-refractivity contribution in [2.75, 3.05) is 19.6 Å². The van der Waals surface area contributed by atoms with Crippen LogP contribution in [0.25, 0.3) is 0 Å². The van der Waals surface area contributed by atoms with Gasteiger partial charge in [-0.05, 0) is 45.1 Å². The summed E-state index contributed by atoms with van der Waals surface area (Å²) in [5, 5.41) is 3.49. The third kappa shape index (κ3) is 4.73. The Morgan fingerprint density at radius 3 is 2.58 bits per heavy atom. The molecular weight excluding hydrogens is 236 g/mol. The lowest BCUT2D eigenvalue weighted by Gasteiger charge is -2.37. The summed E-state index contributed by atoms with van der Waals surface area (Å²) in [6.45, 7) is 12.6. The molecule has 3 nitrogen and oxygen atoms in total. The average molecular weight is 268 g/mol. The van der Waals surface area contributed by atoms with E-state index in [1.807, 2.05) is 0 Å². The van der Waals surface area contributed by atoms with Crippen LogP contribution in [-0.2, 0) is 4.74 Å². The molecule has 0 saturated carbocycles. The molecule has 2 rings (SSSR count). The molecule has 2 heterocycles. The van der Waals surface area contributed by atoms with Crippen LogP contribution in [0.2, 0.25) is 0 Å². The number of piperidine rings is 1. The van der Waals surface area contributed by atoms with Crippen molar-refractivity contribution in [3.63, 3.8) is 0 Å². The van der Waals surface area contributed by atoms with Crippen LogP contribution >= 0.6 is 0 Å². The Bertz CT molecular complexity index is 269. The molecule has 3 heteroatoms. The van der Waals surface area contributed by atoms with Gasteiger partial charge in [-0.3, -0.25) is 4.90 Å². The Morgan fingerprint density at radius 2 is 1.89 bits per heavy atom. The van der Waals surface area contributed by atoms with Gasteiger partial charge in [0.1, 0.15) is 0 Å². The summed E-state index contributed by atoms with van der Waals surface area (Å²) in [6, 6.07) is 1.30. The lowest BCUT2D eigenvalue weighted by Crippen LogP contribution is -2.44. The Hall–Kier alpha value is -0.120. The van der Waals surface area contributed by atoms with E-state index in [2.05, 4.69) is 37.9 Å². The molecule has 0 spiro atoms.